The van der Waals surface area contributed by atoms with Gasteiger partial charge in [-0.3, -0.25) is 0 Å². The van der Waals surface area contributed by atoms with Gasteiger partial charge in [-0.2, -0.15) is 0 Å². The molecule has 10 heteroatoms. The minimum absolute atomic E-state index is 0.526. The van der Waals surface area contributed by atoms with E-state index < -0.39 is 59.8 Å². The molecule has 0 bridgehead atoms. The van der Waals surface area contributed by atoms with Gasteiger partial charge in [0.2, 0.25) is 23.1 Å². The molecule has 2 saturated heterocycles. The van der Waals surface area contributed by atoms with Crippen LogP contribution >= 0.6 is 0 Å². The van der Waals surface area contributed by atoms with E-state index in [4.69, 9.17) is 47.4 Å². The molecule has 212 valence electrons. The van der Waals surface area contributed by atoms with E-state index in [-0.39, 0.29) is 0 Å². The lowest BCUT2D eigenvalue weighted by atomic mass is 9.80. The SMILES string of the molecule is CCCCO[C@@H]1[C@H]2OC(C)(OC)C(C)(OC)O[C@@H]2[C@H](OCCCC)[C@@H]2OC(C)(OC)C(C)(OC)O[C@@H]12. The number of unbranched alkanes of at least 4 members (excludes halogenated alkanes) is 2. The summed E-state index contributed by atoms with van der Waals surface area (Å²) in [7, 11) is 6.28. The minimum atomic E-state index is -1.21. The first kappa shape index (κ1) is 30.1. The van der Waals surface area contributed by atoms with E-state index in [2.05, 4.69) is 13.8 Å². The topological polar surface area (TPSA) is 92.3 Å². The van der Waals surface area contributed by atoms with Crippen LogP contribution in [0.25, 0.3) is 0 Å². The summed E-state index contributed by atoms with van der Waals surface area (Å²) < 4.78 is 62.8. The molecule has 3 aliphatic rings. The lowest BCUT2D eigenvalue weighted by molar-refractivity contribution is -0.506. The predicted molar refractivity (Wildman–Crippen MR) is 130 cm³/mol. The van der Waals surface area contributed by atoms with Crippen LogP contribution in [0.5, 0.6) is 0 Å². The van der Waals surface area contributed by atoms with Gasteiger partial charge in [0.1, 0.15) is 36.6 Å². The van der Waals surface area contributed by atoms with Gasteiger partial charge in [0.15, 0.2) is 0 Å². The molecular formula is C26H48O10. The average Bonchev–Trinajstić information content (AvgIpc) is 2.87. The summed E-state index contributed by atoms with van der Waals surface area (Å²) in [5.41, 5.74) is 0. The van der Waals surface area contributed by atoms with E-state index in [1.54, 1.807) is 56.1 Å². The Morgan fingerprint density at radius 2 is 0.750 bits per heavy atom. The molecule has 0 spiro atoms. The molecule has 0 aromatic heterocycles. The van der Waals surface area contributed by atoms with Crippen molar-refractivity contribution in [2.24, 2.45) is 0 Å². The van der Waals surface area contributed by atoms with Crippen molar-refractivity contribution in [3.63, 3.8) is 0 Å². The molecule has 1 saturated carbocycles. The van der Waals surface area contributed by atoms with E-state index in [0.29, 0.717) is 13.2 Å². The van der Waals surface area contributed by atoms with Crippen molar-refractivity contribution in [3.8, 4) is 0 Å². The third-order valence-corrected chi connectivity index (χ3v) is 8.21. The largest absolute Gasteiger partial charge is 0.373 e. The fourth-order valence-electron chi connectivity index (χ4n) is 5.17. The molecule has 0 aromatic carbocycles. The molecule has 2 aliphatic heterocycles. The van der Waals surface area contributed by atoms with Gasteiger partial charge in [0.05, 0.1) is 0 Å². The van der Waals surface area contributed by atoms with Crippen LogP contribution in [0.3, 0.4) is 0 Å². The maximum absolute atomic E-state index is 6.66. The number of hydrogen-bond donors (Lipinski definition) is 0. The summed E-state index contributed by atoms with van der Waals surface area (Å²) in [6.07, 6.45) is 0.311. The fraction of sp³-hybridized carbons (Fsp3) is 1.00. The zero-order valence-corrected chi connectivity index (χ0v) is 23.8. The van der Waals surface area contributed by atoms with Gasteiger partial charge in [-0.05, 0) is 40.5 Å². The monoisotopic (exact) mass is 520 g/mol. The summed E-state index contributed by atoms with van der Waals surface area (Å²) in [5.74, 6) is -4.84. The molecule has 0 amide bonds. The second-order valence-electron chi connectivity index (χ2n) is 10.3. The molecule has 10 atom stereocenters. The van der Waals surface area contributed by atoms with Crippen LogP contribution in [0, 0.1) is 0 Å². The Kier molecular flexibility index (Phi) is 9.86. The quantitative estimate of drug-likeness (QED) is 0.357. The van der Waals surface area contributed by atoms with Gasteiger partial charge in [-0.15, -0.1) is 0 Å². The Balaban J connectivity index is 2.08. The first-order chi connectivity index (χ1) is 17.0. The van der Waals surface area contributed by atoms with Gasteiger partial charge in [-0.1, -0.05) is 26.7 Å². The Hall–Kier alpha value is -0.400. The average molecular weight is 521 g/mol. The Bertz CT molecular complexity index is 604. The Morgan fingerprint density at radius 1 is 0.500 bits per heavy atom. The summed E-state index contributed by atoms with van der Waals surface area (Å²) in [4.78, 5) is 0. The summed E-state index contributed by atoms with van der Waals surface area (Å²) in [6, 6.07) is 0. The molecule has 0 radical (unpaired) electrons. The van der Waals surface area contributed by atoms with Crippen molar-refractivity contribution in [2.75, 3.05) is 41.7 Å². The van der Waals surface area contributed by atoms with Gasteiger partial charge >= 0.3 is 0 Å². The first-order valence-electron chi connectivity index (χ1n) is 13.2. The third-order valence-electron chi connectivity index (χ3n) is 8.21. The summed E-state index contributed by atoms with van der Waals surface area (Å²) in [6.45, 7) is 12.5. The first-order valence-corrected chi connectivity index (χ1v) is 13.2. The molecule has 36 heavy (non-hydrogen) atoms. The van der Waals surface area contributed by atoms with Crippen molar-refractivity contribution in [1.82, 2.24) is 0 Å². The van der Waals surface area contributed by atoms with Crippen molar-refractivity contribution in [3.05, 3.63) is 0 Å². The number of rotatable bonds is 12. The highest BCUT2D eigenvalue weighted by atomic mass is 16.8. The number of ether oxygens (including phenoxy) is 10. The van der Waals surface area contributed by atoms with Crippen molar-refractivity contribution < 1.29 is 47.4 Å². The summed E-state index contributed by atoms with van der Waals surface area (Å²) >= 11 is 0. The van der Waals surface area contributed by atoms with Crippen LogP contribution in [0.4, 0.5) is 0 Å². The Morgan fingerprint density at radius 3 is 0.944 bits per heavy atom. The molecule has 10 nitrogen and oxygen atoms in total. The molecule has 0 N–H and O–H groups in total. The van der Waals surface area contributed by atoms with Crippen LogP contribution in [0.1, 0.15) is 67.2 Å². The minimum Gasteiger partial charge on any atom is -0.373 e. The number of hydrogen-bond acceptors (Lipinski definition) is 10. The second-order valence-corrected chi connectivity index (χ2v) is 10.3. The molecule has 4 unspecified atom stereocenters. The molecule has 3 fully saturated rings. The van der Waals surface area contributed by atoms with Gasteiger partial charge < -0.3 is 47.4 Å². The molecule has 2 heterocycles. The van der Waals surface area contributed by atoms with E-state index in [1.165, 1.54) is 0 Å². The van der Waals surface area contributed by atoms with E-state index in [0.717, 1.165) is 25.7 Å². The second kappa shape index (κ2) is 11.8. The highest BCUT2D eigenvalue weighted by Crippen LogP contribution is 2.50. The molecule has 3 rings (SSSR count). The zero-order valence-electron chi connectivity index (χ0n) is 23.8. The maximum atomic E-state index is 6.66. The molecule has 1 aliphatic carbocycles. The summed E-state index contributed by atoms with van der Waals surface area (Å²) in [5, 5.41) is 0. The maximum Gasteiger partial charge on any atom is 0.220 e. The predicted octanol–water partition coefficient (Wildman–Crippen LogP) is 3.39. The molecule has 0 aromatic rings. The lowest BCUT2D eigenvalue weighted by Crippen LogP contribution is -2.79. The van der Waals surface area contributed by atoms with Crippen LogP contribution < -0.4 is 0 Å². The lowest BCUT2D eigenvalue weighted by Gasteiger charge is -2.62. The Labute approximate surface area is 216 Å². The van der Waals surface area contributed by atoms with E-state index >= 15 is 0 Å². The highest BCUT2D eigenvalue weighted by Gasteiger charge is 2.69. The third kappa shape index (κ3) is 5.11. The fourth-order valence-corrected chi connectivity index (χ4v) is 5.17. The van der Waals surface area contributed by atoms with Gasteiger partial charge in [0, 0.05) is 41.7 Å². The zero-order chi connectivity index (χ0) is 26.8. The van der Waals surface area contributed by atoms with Crippen molar-refractivity contribution >= 4 is 0 Å². The standard InChI is InChI=1S/C26H48O10/c1-11-13-15-31-17-19-21(35-25(5,29-9)23(3,27-7)33-19)18(32-16-14-12-2)22-20(17)34-24(4,28-8)26(6,30-10)36-22/h17-22H,11-16H2,1-10H3/t17-,18+,19-,20+,21-,22+,23?,24?,25?,26?. The van der Waals surface area contributed by atoms with E-state index in [9.17, 15) is 0 Å². The van der Waals surface area contributed by atoms with Crippen molar-refractivity contribution in [1.29, 1.82) is 0 Å². The molecular weight excluding hydrogens is 472 g/mol. The van der Waals surface area contributed by atoms with Gasteiger partial charge in [0.25, 0.3) is 0 Å². The van der Waals surface area contributed by atoms with Crippen LogP contribution in [-0.4, -0.2) is 101 Å². The van der Waals surface area contributed by atoms with E-state index in [1.807, 2.05) is 0 Å². The van der Waals surface area contributed by atoms with Crippen LogP contribution in [0.15, 0.2) is 0 Å². The smallest absolute Gasteiger partial charge is 0.220 e. The van der Waals surface area contributed by atoms with Crippen LogP contribution in [-0.2, 0) is 47.4 Å². The van der Waals surface area contributed by atoms with Gasteiger partial charge in [-0.25, -0.2) is 0 Å². The van der Waals surface area contributed by atoms with Crippen molar-refractivity contribution in [2.45, 2.75) is 127 Å². The number of fused-ring (bicyclic) bond motifs is 2. The highest BCUT2D eigenvalue weighted by molar-refractivity contribution is 5.10. The van der Waals surface area contributed by atoms with Crippen LogP contribution in [0.2, 0.25) is 0 Å². The normalized spacial score (nSPS) is 46.8. The number of methoxy groups -OCH3 is 4.